The third kappa shape index (κ3) is 3.93. The van der Waals surface area contributed by atoms with Gasteiger partial charge in [0.2, 0.25) is 0 Å². The molecule has 1 atom stereocenters. The number of hydrogen-bond donors (Lipinski definition) is 2. The van der Waals surface area contributed by atoms with Crippen LogP contribution >= 0.6 is 11.6 Å². The fraction of sp³-hybridized carbons (Fsp3) is 0.409. The normalized spacial score (nSPS) is 18.4. The van der Waals surface area contributed by atoms with Crippen molar-refractivity contribution in [1.82, 2.24) is 25.2 Å². The number of carbonyl (C=O) groups is 1. The van der Waals surface area contributed by atoms with E-state index in [9.17, 15) is 4.79 Å². The first kappa shape index (κ1) is 19.5. The maximum Gasteiger partial charge on any atom is 0.252 e. The van der Waals surface area contributed by atoms with E-state index >= 15 is 0 Å². The van der Waals surface area contributed by atoms with Crippen molar-refractivity contribution in [2.24, 2.45) is 0 Å². The van der Waals surface area contributed by atoms with E-state index in [1.807, 2.05) is 30.7 Å². The van der Waals surface area contributed by atoms with E-state index in [-0.39, 0.29) is 11.9 Å². The molecule has 1 saturated carbocycles. The number of morpholine rings is 1. The molecule has 0 radical (unpaired) electrons. The van der Waals surface area contributed by atoms with Gasteiger partial charge >= 0.3 is 0 Å². The molecule has 5 rings (SSSR count). The summed E-state index contributed by atoms with van der Waals surface area (Å²) in [5.41, 5.74) is 2.40. The number of aromatic nitrogens is 3. The van der Waals surface area contributed by atoms with E-state index in [1.165, 1.54) is 12.8 Å². The Hall–Kier alpha value is -2.48. The average molecular weight is 426 g/mol. The van der Waals surface area contributed by atoms with Crippen LogP contribution in [0.25, 0.3) is 10.9 Å². The summed E-state index contributed by atoms with van der Waals surface area (Å²) in [6.45, 7) is 3.43. The van der Waals surface area contributed by atoms with Gasteiger partial charge in [-0.3, -0.25) is 9.69 Å². The number of halogens is 1. The fourth-order valence-corrected chi connectivity index (χ4v) is 4.29. The molecule has 1 aromatic carbocycles. The molecule has 0 bridgehead atoms. The maximum atomic E-state index is 12.9. The van der Waals surface area contributed by atoms with Gasteiger partial charge < -0.3 is 15.0 Å². The molecule has 1 unspecified atom stereocenters. The second kappa shape index (κ2) is 8.34. The number of H-pyrrole nitrogens is 1. The number of carbonyl (C=O) groups excluding carboxylic acids is 1. The lowest BCUT2D eigenvalue weighted by atomic mass is 10.1. The van der Waals surface area contributed by atoms with Gasteiger partial charge in [0.25, 0.3) is 5.91 Å². The molecule has 1 aliphatic carbocycles. The number of nitrogens with zero attached hydrogens (tertiary/aromatic N) is 3. The van der Waals surface area contributed by atoms with Crippen molar-refractivity contribution in [3.8, 4) is 0 Å². The first-order valence-electron chi connectivity index (χ1n) is 10.4. The quantitative estimate of drug-likeness (QED) is 0.633. The smallest absolute Gasteiger partial charge is 0.252 e. The highest BCUT2D eigenvalue weighted by Crippen LogP contribution is 2.38. The third-order valence-corrected chi connectivity index (χ3v) is 6.28. The molecule has 1 aliphatic heterocycles. The first-order valence-corrected chi connectivity index (χ1v) is 10.8. The number of hydrogen-bond acceptors (Lipinski definition) is 5. The standard InChI is InChI=1S/C22H24ClN5O2/c23-20-16-5-6-24-18(16)4-3-17(20)22(29)27-13-19(28-7-9-30-10-8-28)15-11-25-21(26-12-15)14-1-2-14/h3-6,11-12,14,19,24H,1-2,7-10,13H2,(H,27,29). The van der Waals surface area contributed by atoms with Gasteiger partial charge in [-0.1, -0.05) is 11.6 Å². The Balaban J connectivity index is 1.34. The van der Waals surface area contributed by atoms with Crippen molar-refractivity contribution in [3.05, 3.63) is 58.8 Å². The van der Waals surface area contributed by atoms with Crippen molar-refractivity contribution in [3.63, 3.8) is 0 Å². The van der Waals surface area contributed by atoms with Gasteiger partial charge in [0.1, 0.15) is 5.82 Å². The van der Waals surface area contributed by atoms with Gasteiger partial charge in [0.15, 0.2) is 0 Å². The monoisotopic (exact) mass is 425 g/mol. The van der Waals surface area contributed by atoms with Crippen LogP contribution in [0.15, 0.2) is 36.8 Å². The maximum absolute atomic E-state index is 12.9. The molecule has 156 valence electrons. The van der Waals surface area contributed by atoms with Crippen molar-refractivity contribution in [2.45, 2.75) is 24.8 Å². The molecule has 8 heteroatoms. The van der Waals surface area contributed by atoms with Crippen LogP contribution in [0.5, 0.6) is 0 Å². The third-order valence-electron chi connectivity index (χ3n) is 5.87. The second-order valence-corrected chi connectivity index (χ2v) is 8.27. The average Bonchev–Trinajstić information content (AvgIpc) is 3.52. The Morgan fingerprint density at radius 2 is 2.00 bits per heavy atom. The number of rotatable bonds is 6. The van der Waals surface area contributed by atoms with E-state index in [0.29, 0.717) is 36.3 Å². The second-order valence-electron chi connectivity index (χ2n) is 7.89. The number of fused-ring (bicyclic) bond motifs is 1. The Kier molecular flexibility index (Phi) is 5.41. The first-order chi connectivity index (χ1) is 14.7. The largest absolute Gasteiger partial charge is 0.379 e. The van der Waals surface area contributed by atoms with Crippen LogP contribution in [0.2, 0.25) is 5.02 Å². The minimum absolute atomic E-state index is 0.0131. The summed E-state index contributed by atoms with van der Waals surface area (Å²) in [5, 5.41) is 4.38. The van der Waals surface area contributed by atoms with E-state index in [1.54, 1.807) is 6.07 Å². The molecule has 2 aliphatic rings. The summed E-state index contributed by atoms with van der Waals surface area (Å²) in [4.78, 5) is 27.5. The van der Waals surface area contributed by atoms with E-state index in [4.69, 9.17) is 16.3 Å². The Labute approximate surface area is 179 Å². The molecule has 3 heterocycles. The van der Waals surface area contributed by atoms with Crippen LogP contribution in [0.1, 0.15) is 46.5 Å². The number of benzene rings is 1. The van der Waals surface area contributed by atoms with Gasteiger partial charge in [0.05, 0.1) is 29.8 Å². The van der Waals surface area contributed by atoms with Crippen LogP contribution in [0.3, 0.4) is 0 Å². The zero-order valence-corrected chi connectivity index (χ0v) is 17.4. The van der Waals surface area contributed by atoms with E-state index in [0.717, 1.165) is 35.4 Å². The molecular weight excluding hydrogens is 402 g/mol. The van der Waals surface area contributed by atoms with Crippen molar-refractivity contribution < 1.29 is 9.53 Å². The highest BCUT2D eigenvalue weighted by atomic mass is 35.5. The molecule has 0 spiro atoms. The summed E-state index contributed by atoms with van der Waals surface area (Å²) in [7, 11) is 0. The predicted molar refractivity (Wildman–Crippen MR) is 115 cm³/mol. The summed E-state index contributed by atoms with van der Waals surface area (Å²) in [6.07, 6.45) is 7.98. The van der Waals surface area contributed by atoms with Crippen LogP contribution < -0.4 is 5.32 Å². The topological polar surface area (TPSA) is 83.1 Å². The number of nitrogens with one attached hydrogen (secondary N) is 2. The van der Waals surface area contributed by atoms with Crippen LogP contribution in [0, 0.1) is 0 Å². The lowest BCUT2D eigenvalue weighted by Crippen LogP contribution is -2.44. The molecule has 3 aromatic rings. The van der Waals surface area contributed by atoms with Gasteiger partial charge in [0, 0.05) is 60.6 Å². The van der Waals surface area contributed by atoms with E-state index in [2.05, 4.69) is 25.2 Å². The zero-order chi connectivity index (χ0) is 20.5. The predicted octanol–water partition coefficient (Wildman–Crippen LogP) is 3.29. The highest BCUT2D eigenvalue weighted by molar-refractivity contribution is 6.38. The molecule has 2 fully saturated rings. The Morgan fingerprint density at radius 3 is 2.73 bits per heavy atom. The molecule has 2 N–H and O–H groups in total. The van der Waals surface area contributed by atoms with Gasteiger partial charge in [-0.25, -0.2) is 9.97 Å². The molecule has 1 amide bonds. The van der Waals surface area contributed by atoms with Crippen LogP contribution in [-0.4, -0.2) is 58.6 Å². The molecule has 2 aromatic heterocycles. The van der Waals surface area contributed by atoms with Gasteiger partial charge in [-0.2, -0.15) is 0 Å². The van der Waals surface area contributed by atoms with Gasteiger partial charge in [-0.05, 0) is 31.0 Å². The highest BCUT2D eigenvalue weighted by Gasteiger charge is 2.28. The number of amides is 1. The van der Waals surface area contributed by atoms with Crippen molar-refractivity contribution in [1.29, 1.82) is 0 Å². The minimum atomic E-state index is -0.183. The SMILES string of the molecule is O=C(NCC(c1cnc(C2CC2)nc1)N1CCOCC1)c1ccc2[nH]ccc2c1Cl. The molecular formula is C22H24ClN5O2. The minimum Gasteiger partial charge on any atom is -0.379 e. The summed E-state index contributed by atoms with van der Waals surface area (Å²) in [5.74, 6) is 1.26. The van der Waals surface area contributed by atoms with E-state index < -0.39 is 0 Å². The fourth-order valence-electron chi connectivity index (χ4n) is 3.98. The molecule has 1 saturated heterocycles. The number of ether oxygens (including phenoxy) is 1. The lowest BCUT2D eigenvalue weighted by Gasteiger charge is -2.34. The summed E-state index contributed by atoms with van der Waals surface area (Å²) >= 11 is 6.48. The Bertz CT molecular complexity index is 1040. The number of aromatic amines is 1. The van der Waals surface area contributed by atoms with Crippen molar-refractivity contribution >= 4 is 28.4 Å². The Morgan fingerprint density at radius 1 is 1.23 bits per heavy atom. The molecule has 30 heavy (non-hydrogen) atoms. The van der Waals surface area contributed by atoms with Crippen LogP contribution in [-0.2, 0) is 4.74 Å². The summed E-state index contributed by atoms with van der Waals surface area (Å²) in [6, 6.07) is 5.50. The van der Waals surface area contributed by atoms with Gasteiger partial charge in [-0.15, -0.1) is 0 Å². The molecule has 7 nitrogen and oxygen atoms in total. The lowest BCUT2D eigenvalue weighted by molar-refractivity contribution is 0.0161. The van der Waals surface area contributed by atoms with Crippen molar-refractivity contribution in [2.75, 3.05) is 32.8 Å². The van der Waals surface area contributed by atoms with Crippen LogP contribution in [0.4, 0.5) is 0 Å². The zero-order valence-electron chi connectivity index (χ0n) is 16.6. The summed E-state index contributed by atoms with van der Waals surface area (Å²) < 4.78 is 5.51.